The van der Waals surface area contributed by atoms with Crippen LogP contribution in [0.5, 0.6) is 0 Å². The monoisotopic (exact) mass is 284 g/mol. The fourth-order valence-electron chi connectivity index (χ4n) is 1.88. The van der Waals surface area contributed by atoms with Gasteiger partial charge in [-0.2, -0.15) is 0 Å². The van der Waals surface area contributed by atoms with Crippen molar-refractivity contribution in [3.63, 3.8) is 0 Å². The molecule has 0 saturated carbocycles. The zero-order valence-electron chi connectivity index (χ0n) is 10.5. The van der Waals surface area contributed by atoms with E-state index in [1.807, 2.05) is 0 Å². The number of ether oxygens (including phenoxy) is 2. The van der Waals surface area contributed by atoms with Gasteiger partial charge in [0.15, 0.2) is 6.29 Å². The molecule has 0 radical (unpaired) electrons. The maximum Gasteiger partial charge on any atom is 0.338 e. The number of rotatable bonds is 3. The summed E-state index contributed by atoms with van der Waals surface area (Å²) >= 11 is 0. The van der Waals surface area contributed by atoms with Crippen molar-refractivity contribution in [3.8, 4) is 0 Å². The molecule has 7 heteroatoms. The molecule has 1 aliphatic rings. The van der Waals surface area contributed by atoms with E-state index in [0.717, 1.165) is 0 Å². The fourth-order valence-corrected chi connectivity index (χ4v) is 1.88. The zero-order valence-corrected chi connectivity index (χ0v) is 10.5. The molecule has 20 heavy (non-hydrogen) atoms. The molecule has 1 aromatic carbocycles. The summed E-state index contributed by atoms with van der Waals surface area (Å²) in [6.07, 6.45) is -7.40. The summed E-state index contributed by atoms with van der Waals surface area (Å²) in [5.41, 5.74) is 0.332. The molecule has 0 spiro atoms. The Bertz CT molecular complexity index is 449. The van der Waals surface area contributed by atoms with Gasteiger partial charge >= 0.3 is 5.97 Å². The Balaban J connectivity index is 1.92. The Morgan fingerprint density at radius 2 is 1.70 bits per heavy atom. The SMILES string of the molecule is O=C(OC[C@H]1OC(O)[C@H](O)[C@@H](O)[C@@H]1O)c1ccccc1. The highest BCUT2D eigenvalue weighted by molar-refractivity contribution is 5.89. The summed E-state index contributed by atoms with van der Waals surface area (Å²) in [6.45, 7) is -0.351. The third-order valence-corrected chi connectivity index (χ3v) is 3.08. The van der Waals surface area contributed by atoms with Gasteiger partial charge in [0.2, 0.25) is 0 Å². The largest absolute Gasteiger partial charge is 0.459 e. The van der Waals surface area contributed by atoms with E-state index in [2.05, 4.69) is 0 Å². The van der Waals surface area contributed by atoms with Gasteiger partial charge in [0.25, 0.3) is 0 Å². The first kappa shape index (κ1) is 14.9. The molecule has 1 fully saturated rings. The van der Waals surface area contributed by atoms with Crippen LogP contribution >= 0.6 is 0 Å². The van der Waals surface area contributed by atoms with Crippen LogP contribution < -0.4 is 0 Å². The van der Waals surface area contributed by atoms with E-state index in [1.165, 1.54) is 0 Å². The first-order valence-electron chi connectivity index (χ1n) is 6.10. The van der Waals surface area contributed by atoms with Crippen molar-refractivity contribution in [1.29, 1.82) is 0 Å². The Morgan fingerprint density at radius 1 is 1.05 bits per heavy atom. The van der Waals surface area contributed by atoms with Crippen LogP contribution in [-0.4, -0.2) is 63.7 Å². The molecular weight excluding hydrogens is 268 g/mol. The number of carbonyl (C=O) groups is 1. The third-order valence-electron chi connectivity index (χ3n) is 3.08. The lowest BCUT2D eigenvalue weighted by Crippen LogP contribution is -2.58. The van der Waals surface area contributed by atoms with Crippen LogP contribution in [0.25, 0.3) is 0 Å². The number of esters is 1. The number of hydrogen-bond acceptors (Lipinski definition) is 7. The molecule has 0 aliphatic carbocycles. The minimum atomic E-state index is -1.64. The molecule has 1 unspecified atom stereocenters. The van der Waals surface area contributed by atoms with Crippen molar-refractivity contribution in [3.05, 3.63) is 35.9 Å². The standard InChI is InChI=1S/C13H16O7/c14-9-8(20-13(18)11(16)10(9)15)6-19-12(17)7-4-2-1-3-5-7/h1-5,8-11,13-16,18H,6H2/t8-,9-,10+,11-,13?/m1/s1. The van der Waals surface area contributed by atoms with Gasteiger partial charge in [-0.1, -0.05) is 18.2 Å². The summed E-state index contributed by atoms with van der Waals surface area (Å²) in [7, 11) is 0. The van der Waals surface area contributed by atoms with Crippen molar-refractivity contribution in [2.75, 3.05) is 6.61 Å². The van der Waals surface area contributed by atoms with E-state index in [0.29, 0.717) is 5.56 Å². The summed E-state index contributed by atoms with van der Waals surface area (Å²) in [4.78, 5) is 11.7. The second-order valence-corrected chi connectivity index (χ2v) is 4.50. The predicted molar refractivity (Wildman–Crippen MR) is 65.6 cm³/mol. The Kier molecular flexibility index (Phi) is 4.69. The van der Waals surface area contributed by atoms with Crippen LogP contribution in [0, 0.1) is 0 Å². The van der Waals surface area contributed by atoms with E-state index in [-0.39, 0.29) is 6.61 Å². The van der Waals surface area contributed by atoms with Crippen molar-refractivity contribution < 1.29 is 34.7 Å². The summed E-state index contributed by atoms with van der Waals surface area (Å²) in [5.74, 6) is -0.614. The van der Waals surface area contributed by atoms with Gasteiger partial charge in [0.05, 0.1) is 5.56 Å². The van der Waals surface area contributed by atoms with E-state index in [4.69, 9.17) is 9.47 Å². The third kappa shape index (κ3) is 3.14. The van der Waals surface area contributed by atoms with Gasteiger partial charge < -0.3 is 29.9 Å². The number of benzene rings is 1. The number of hydrogen-bond donors (Lipinski definition) is 4. The van der Waals surface area contributed by atoms with Gasteiger partial charge in [-0.05, 0) is 12.1 Å². The average molecular weight is 284 g/mol. The Morgan fingerprint density at radius 3 is 2.35 bits per heavy atom. The molecule has 1 aromatic rings. The fraction of sp³-hybridized carbons (Fsp3) is 0.462. The topological polar surface area (TPSA) is 116 Å². The Hall–Kier alpha value is -1.51. The quantitative estimate of drug-likeness (QED) is 0.507. The number of carbonyl (C=O) groups excluding carboxylic acids is 1. The lowest BCUT2D eigenvalue weighted by atomic mass is 9.99. The van der Waals surface area contributed by atoms with Gasteiger partial charge in [-0.3, -0.25) is 0 Å². The maximum absolute atomic E-state index is 11.7. The number of aliphatic hydroxyl groups excluding tert-OH is 4. The molecule has 1 saturated heterocycles. The first-order valence-corrected chi connectivity index (χ1v) is 6.10. The van der Waals surface area contributed by atoms with Crippen LogP contribution in [0.2, 0.25) is 0 Å². The summed E-state index contributed by atoms with van der Waals surface area (Å²) in [5, 5.41) is 37.8. The lowest BCUT2D eigenvalue weighted by molar-refractivity contribution is -0.286. The van der Waals surface area contributed by atoms with E-state index < -0.39 is 36.7 Å². The molecule has 7 nitrogen and oxygen atoms in total. The van der Waals surface area contributed by atoms with Gasteiger partial charge in [0, 0.05) is 0 Å². The van der Waals surface area contributed by atoms with Crippen LogP contribution in [-0.2, 0) is 9.47 Å². The lowest BCUT2D eigenvalue weighted by Gasteiger charge is -2.37. The molecule has 1 heterocycles. The molecule has 4 N–H and O–H groups in total. The van der Waals surface area contributed by atoms with E-state index in [9.17, 15) is 25.2 Å². The van der Waals surface area contributed by atoms with Crippen LogP contribution in [0.4, 0.5) is 0 Å². The van der Waals surface area contributed by atoms with Crippen molar-refractivity contribution in [1.82, 2.24) is 0 Å². The van der Waals surface area contributed by atoms with Crippen molar-refractivity contribution in [2.45, 2.75) is 30.7 Å². The minimum absolute atomic E-state index is 0.332. The Labute approximate surface area is 115 Å². The molecule has 0 aromatic heterocycles. The van der Waals surface area contributed by atoms with Crippen LogP contribution in [0.1, 0.15) is 10.4 Å². The van der Waals surface area contributed by atoms with Crippen LogP contribution in [0.3, 0.4) is 0 Å². The zero-order chi connectivity index (χ0) is 14.7. The average Bonchev–Trinajstić information content (AvgIpc) is 2.48. The van der Waals surface area contributed by atoms with E-state index in [1.54, 1.807) is 30.3 Å². The second kappa shape index (κ2) is 6.29. The summed E-state index contributed by atoms with van der Waals surface area (Å²) in [6, 6.07) is 8.22. The predicted octanol–water partition coefficient (Wildman–Crippen LogP) is -1.36. The van der Waals surface area contributed by atoms with Crippen LogP contribution in [0.15, 0.2) is 30.3 Å². The highest BCUT2D eigenvalue weighted by Crippen LogP contribution is 2.20. The highest BCUT2D eigenvalue weighted by Gasteiger charge is 2.43. The van der Waals surface area contributed by atoms with Crippen molar-refractivity contribution in [2.24, 2.45) is 0 Å². The summed E-state index contributed by atoms with van der Waals surface area (Å²) < 4.78 is 9.83. The van der Waals surface area contributed by atoms with Gasteiger partial charge in [-0.15, -0.1) is 0 Å². The molecule has 1 aliphatic heterocycles. The molecule has 2 rings (SSSR count). The van der Waals surface area contributed by atoms with Crippen molar-refractivity contribution >= 4 is 5.97 Å². The molecular formula is C13H16O7. The van der Waals surface area contributed by atoms with Gasteiger partial charge in [0.1, 0.15) is 31.0 Å². The maximum atomic E-state index is 11.7. The van der Waals surface area contributed by atoms with E-state index >= 15 is 0 Å². The second-order valence-electron chi connectivity index (χ2n) is 4.50. The molecule has 0 bridgehead atoms. The minimum Gasteiger partial charge on any atom is -0.459 e. The smallest absolute Gasteiger partial charge is 0.338 e. The van der Waals surface area contributed by atoms with Gasteiger partial charge in [-0.25, -0.2) is 4.79 Å². The molecule has 0 amide bonds. The normalized spacial score (nSPS) is 33.7. The molecule has 110 valence electrons. The highest BCUT2D eigenvalue weighted by atomic mass is 16.6. The number of aliphatic hydroxyl groups is 4. The molecule has 5 atom stereocenters. The first-order chi connectivity index (χ1) is 9.50.